The quantitative estimate of drug-likeness (QED) is 0.841. The Bertz CT molecular complexity index is 728. The van der Waals surface area contributed by atoms with E-state index in [1.54, 1.807) is 0 Å². The second-order valence-electron chi connectivity index (χ2n) is 7.10. The molecule has 0 bridgehead atoms. The molecule has 0 spiro atoms. The summed E-state index contributed by atoms with van der Waals surface area (Å²) >= 11 is 5.90. The van der Waals surface area contributed by atoms with Gasteiger partial charge < -0.3 is 15.1 Å². The van der Waals surface area contributed by atoms with Crippen LogP contribution in [0.4, 0.5) is 5.69 Å². The van der Waals surface area contributed by atoms with Crippen LogP contribution in [0, 0.1) is 0 Å². The van der Waals surface area contributed by atoms with Gasteiger partial charge in [-0.25, -0.2) is 0 Å². The van der Waals surface area contributed by atoms with Gasteiger partial charge in [0.1, 0.15) is 0 Å². The highest BCUT2D eigenvalue weighted by molar-refractivity contribution is 6.30. The molecule has 4 nitrogen and oxygen atoms in total. The second kappa shape index (κ2) is 8.56. The standard InChI is InChI=1S/C21H26ClN3O/c1-24(2)20-11-12-25(15-20)21(26)13-16-5-9-19(10-6-16)23-14-17-3-7-18(22)8-4-17/h3-10,20,23H,11-15H2,1-2H3/t20-/m1/s1. The number of hydrogen-bond donors (Lipinski definition) is 1. The van der Waals surface area contributed by atoms with Crippen molar-refractivity contribution in [2.24, 2.45) is 0 Å². The van der Waals surface area contributed by atoms with Crippen molar-refractivity contribution in [1.82, 2.24) is 9.80 Å². The second-order valence-corrected chi connectivity index (χ2v) is 7.54. The molecular weight excluding hydrogens is 346 g/mol. The van der Waals surface area contributed by atoms with Crippen LogP contribution in [0.1, 0.15) is 17.5 Å². The third kappa shape index (κ3) is 4.99. The molecule has 0 saturated carbocycles. The summed E-state index contributed by atoms with van der Waals surface area (Å²) in [7, 11) is 4.16. The monoisotopic (exact) mass is 371 g/mol. The highest BCUT2D eigenvalue weighted by Gasteiger charge is 2.27. The summed E-state index contributed by atoms with van der Waals surface area (Å²) in [5.41, 5.74) is 3.28. The van der Waals surface area contributed by atoms with E-state index in [1.165, 1.54) is 5.56 Å². The van der Waals surface area contributed by atoms with Gasteiger partial charge in [0.05, 0.1) is 6.42 Å². The number of carbonyl (C=O) groups is 1. The summed E-state index contributed by atoms with van der Waals surface area (Å²) in [4.78, 5) is 16.7. The third-order valence-corrected chi connectivity index (χ3v) is 5.22. The average Bonchev–Trinajstić information content (AvgIpc) is 3.13. The minimum atomic E-state index is 0.219. The molecule has 0 unspecified atom stereocenters. The Balaban J connectivity index is 1.49. The first-order valence-electron chi connectivity index (χ1n) is 9.03. The van der Waals surface area contributed by atoms with Gasteiger partial charge in [-0.1, -0.05) is 35.9 Å². The van der Waals surface area contributed by atoms with Crippen molar-refractivity contribution in [3.05, 3.63) is 64.7 Å². The topological polar surface area (TPSA) is 35.6 Å². The first-order chi connectivity index (χ1) is 12.5. The number of rotatable bonds is 6. The molecule has 1 N–H and O–H groups in total. The molecular formula is C21H26ClN3O. The third-order valence-electron chi connectivity index (χ3n) is 4.97. The van der Waals surface area contributed by atoms with Crippen LogP contribution in [0.15, 0.2) is 48.5 Å². The predicted molar refractivity (Wildman–Crippen MR) is 108 cm³/mol. The number of carbonyl (C=O) groups excluding carboxylic acids is 1. The van der Waals surface area contributed by atoms with Gasteiger partial charge in [0.2, 0.25) is 5.91 Å². The Labute approximate surface area is 160 Å². The van der Waals surface area contributed by atoms with Crippen molar-refractivity contribution in [1.29, 1.82) is 0 Å². The summed E-state index contributed by atoms with van der Waals surface area (Å²) in [5.74, 6) is 0.219. The molecule has 26 heavy (non-hydrogen) atoms. The molecule has 2 aromatic carbocycles. The number of amides is 1. The van der Waals surface area contributed by atoms with Crippen LogP contribution < -0.4 is 5.32 Å². The molecule has 2 aromatic rings. The predicted octanol–water partition coefficient (Wildman–Crippen LogP) is 3.66. The van der Waals surface area contributed by atoms with E-state index in [4.69, 9.17) is 11.6 Å². The summed E-state index contributed by atoms with van der Waals surface area (Å²) in [6.07, 6.45) is 1.53. The molecule has 1 fully saturated rings. The lowest BCUT2D eigenvalue weighted by Crippen LogP contribution is -2.35. The van der Waals surface area contributed by atoms with E-state index >= 15 is 0 Å². The number of likely N-dealkylation sites (N-methyl/N-ethyl adjacent to an activating group) is 1. The van der Waals surface area contributed by atoms with Crippen molar-refractivity contribution in [2.75, 3.05) is 32.5 Å². The molecule has 1 aliphatic heterocycles. The fourth-order valence-corrected chi connectivity index (χ4v) is 3.35. The van der Waals surface area contributed by atoms with Gasteiger partial charge in [-0.15, -0.1) is 0 Å². The van der Waals surface area contributed by atoms with Crippen molar-refractivity contribution < 1.29 is 4.79 Å². The van der Waals surface area contributed by atoms with E-state index in [9.17, 15) is 4.79 Å². The van der Waals surface area contributed by atoms with E-state index in [0.717, 1.165) is 42.3 Å². The van der Waals surface area contributed by atoms with Gasteiger partial charge in [-0.05, 0) is 55.9 Å². The van der Waals surface area contributed by atoms with Crippen molar-refractivity contribution in [3.63, 3.8) is 0 Å². The van der Waals surface area contributed by atoms with Crippen LogP contribution in [-0.2, 0) is 17.8 Å². The average molecular weight is 372 g/mol. The van der Waals surface area contributed by atoms with Crippen LogP contribution >= 0.6 is 11.6 Å². The molecule has 3 rings (SSSR count). The van der Waals surface area contributed by atoms with E-state index in [-0.39, 0.29) is 5.91 Å². The molecule has 1 amide bonds. The normalized spacial score (nSPS) is 16.9. The zero-order valence-corrected chi connectivity index (χ0v) is 16.2. The van der Waals surface area contributed by atoms with Gasteiger partial charge >= 0.3 is 0 Å². The van der Waals surface area contributed by atoms with Gasteiger partial charge in [0.25, 0.3) is 0 Å². The number of halogens is 1. The fourth-order valence-electron chi connectivity index (χ4n) is 3.22. The zero-order valence-electron chi connectivity index (χ0n) is 15.4. The Morgan fingerprint density at radius 1 is 1.12 bits per heavy atom. The Kier molecular flexibility index (Phi) is 6.17. The summed E-state index contributed by atoms with van der Waals surface area (Å²) in [5, 5.41) is 4.14. The maximum Gasteiger partial charge on any atom is 0.227 e. The minimum absolute atomic E-state index is 0.219. The summed E-state index contributed by atoms with van der Waals surface area (Å²) in [6, 6.07) is 16.4. The first-order valence-corrected chi connectivity index (χ1v) is 9.40. The van der Waals surface area contributed by atoms with Crippen LogP contribution in [-0.4, -0.2) is 48.9 Å². The van der Waals surface area contributed by atoms with Crippen molar-refractivity contribution >= 4 is 23.2 Å². The lowest BCUT2D eigenvalue weighted by Gasteiger charge is -2.20. The van der Waals surface area contributed by atoms with Crippen LogP contribution in [0.5, 0.6) is 0 Å². The Hall–Kier alpha value is -2.04. The van der Waals surface area contributed by atoms with Crippen LogP contribution in [0.3, 0.4) is 0 Å². The maximum atomic E-state index is 12.5. The number of benzene rings is 2. The molecule has 138 valence electrons. The number of likely N-dealkylation sites (tertiary alicyclic amines) is 1. The fraction of sp³-hybridized carbons (Fsp3) is 0.381. The maximum absolute atomic E-state index is 12.5. The number of anilines is 1. The zero-order chi connectivity index (χ0) is 18.5. The smallest absolute Gasteiger partial charge is 0.227 e. The molecule has 1 heterocycles. The minimum Gasteiger partial charge on any atom is -0.381 e. The van der Waals surface area contributed by atoms with E-state index in [2.05, 4.69) is 24.3 Å². The molecule has 0 aromatic heterocycles. The molecule has 1 saturated heterocycles. The highest BCUT2D eigenvalue weighted by Crippen LogP contribution is 2.17. The number of hydrogen-bond acceptors (Lipinski definition) is 3. The van der Waals surface area contributed by atoms with E-state index in [0.29, 0.717) is 12.5 Å². The van der Waals surface area contributed by atoms with Crippen molar-refractivity contribution in [3.8, 4) is 0 Å². The lowest BCUT2D eigenvalue weighted by atomic mass is 10.1. The molecule has 0 aliphatic carbocycles. The first kappa shape index (κ1) is 18.7. The van der Waals surface area contributed by atoms with Crippen LogP contribution in [0.2, 0.25) is 5.02 Å². The van der Waals surface area contributed by atoms with Gasteiger partial charge in [-0.3, -0.25) is 4.79 Å². The number of nitrogens with zero attached hydrogens (tertiary/aromatic N) is 2. The molecule has 5 heteroatoms. The summed E-state index contributed by atoms with van der Waals surface area (Å²) in [6.45, 7) is 2.45. The highest BCUT2D eigenvalue weighted by atomic mass is 35.5. The van der Waals surface area contributed by atoms with Gasteiger partial charge in [0.15, 0.2) is 0 Å². The molecule has 0 radical (unpaired) electrons. The van der Waals surface area contributed by atoms with Crippen LogP contribution in [0.25, 0.3) is 0 Å². The lowest BCUT2D eigenvalue weighted by molar-refractivity contribution is -0.129. The largest absolute Gasteiger partial charge is 0.381 e. The summed E-state index contributed by atoms with van der Waals surface area (Å²) < 4.78 is 0. The van der Waals surface area contributed by atoms with Crippen molar-refractivity contribution in [2.45, 2.75) is 25.4 Å². The van der Waals surface area contributed by atoms with Gasteiger partial charge in [-0.2, -0.15) is 0 Å². The number of nitrogens with one attached hydrogen (secondary N) is 1. The van der Waals surface area contributed by atoms with E-state index in [1.807, 2.05) is 53.4 Å². The Morgan fingerprint density at radius 3 is 2.38 bits per heavy atom. The Morgan fingerprint density at radius 2 is 1.77 bits per heavy atom. The molecule has 1 atom stereocenters. The van der Waals surface area contributed by atoms with E-state index < -0.39 is 0 Å². The molecule has 1 aliphatic rings. The SMILES string of the molecule is CN(C)[C@@H]1CCN(C(=O)Cc2ccc(NCc3ccc(Cl)cc3)cc2)C1. The van der Waals surface area contributed by atoms with Gasteiger partial charge in [0, 0.05) is 36.4 Å².